The van der Waals surface area contributed by atoms with Crippen LogP contribution in [0.5, 0.6) is 0 Å². The maximum absolute atomic E-state index is 13.9. The summed E-state index contributed by atoms with van der Waals surface area (Å²) in [6.07, 6.45) is 3.26. The molecule has 3 aliphatic carbocycles. The fraction of sp³-hybridized carbons (Fsp3) is 0.686. The second-order valence-electron chi connectivity index (χ2n) is 15.5. The van der Waals surface area contributed by atoms with Gasteiger partial charge in [0.1, 0.15) is 11.6 Å². The van der Waals surface area contributed by atoms with Gasteiger partial charge in [-0.25, -0.2) is 8.78 Å². The van der Waals surface area contributed by atoms with Gasteiger partial charge in [-0.1, -0.05) is 44.2 Å². The third-order valence-corrected chi connectivity index (χ3v) is 11.6. The summed E-state index contributed by atoms with van der Waals surface area (Å²) < 4.78 is 47.0. The number of rotatable bonds is 9. The number of hydrogen-bond donors (Lipinski definition) is 1. The number of halogens is 2. The lowest BCUT2D eigenvalue weighted by atomic mass is 9.43. The van der Waals surface area contributed by atoms with Gasteiger partial charge in [0.05, 0.1) is 43.3 Å². The first kappa shape index (κ1) is 34.0. The SMILES string of the molecule is CC1(C)[C@@H]2C[C@H]3OB([C@H](Cc4ccccc4)NC(=O)C[C@@H]4CN(C(=O)/C(C#N)=C/C(C)(C)N5CCC(F)(F)C5)CCO4)O[C@@]3(C)[C@H]1C2. The molecular weight excluding hydrogens is 605 g/mol. The molecule has 0 aromatic heterocycles. The molecule has 3 saturated heterocycles. The van der Waals surface area contributed by atoms with Gasteiger partial charge in [-0.3, -0.25) is 14.5 Å². The number of nitriles is 1. The molecule has 1 aromatic rings. The van der Waals surface area contributed by atoms with Crippen molar-refractivity contribution in [3.8, 4) is 6.07 Å². The van der Waals surface area contributed by atoms with Crippen molar-refractivity contribution in [2.75, 3.05) is 32.8 Å². The van der Waals surface area contributed by atoms with Gasteiger partial charge in [0.2, 0.25) is 5.91 Å². The highest BCUT2D eigenvalue weighted by molar-refractivity contribution is 6.48. The van der Waals surface area contributed by atoms with Crippen LogP contribution >= 0.6 is 0 Å². The predicted octanol–water partition coefficient (Wildman–Crippen LogP) is 4.17. The molecule has 1 aromatic carbocycles. The van der Waals surface area contributed by atoms with Crippen molar-refractivity contribution < 1.29 is 32.4 Å². The summed E-state index contributed by atoms with van der Waals surface area (Å²) in [5.74, 6) is -2.95. The van der Waals surface area contributed by atoms with Crippen LogP contribution in [0.3, 0.4) is 0 Å². The fourth-order valence-corrected chi connectivity index (χ4v) is 8.64. The van der Waals surface area contributed by atoms with Crippen molar-refractivity contribution in [2.45, 2.75) is 102 Å². The number of carbonyl (C=O) groups excluding carboxylic acids is 2. The highest BCUT2D eigenvalue weighted by atomic mass is 19.3. The van der Waals surface area contributed by atoms with Crippen LogP contribution in [0.2, 0.25) is 0 Å². The van der Waals surface area contributed by atoms with Gasteiger partial charge in [0.25, 0.3) is 11.8 Å². The Balaban J connectivity index is 1.10. The molecule has 47 heavy (non-hydrogen) atoms. The van der Waals surface area contributed by atoms with E-state index >= 15 is 0 Å². The second kappa shape index (κ2) is 12.6. The maximum Gasteiger partial charge on any atom is 0.482 e. The predicted molar refractivity (Wildman–Crippen MR) is 172 cm³/mol. The molecule has 1 N–H and O–H groups in total. The maximum atomic E-state index is 13.9. The number of likely N-dealkylation sites (tertiary alicyclic amines) is 1. The number of ether oxygens (including phenoxy) is 1. The zero-order valence-electron chi connectivity index (χ0n) is 28.1. The van der Waals surface area contributed by atoms with Crippen molar-refractivity contribution in [1.29, 1.82) is 5.26 Å². The monoisotopic (exact) mass is 652 g/mol. The van der Waals surface area contributed by atoms with Crippen molar-refractivity contribution in [3.63, 3.8) is 0 Å². The largest absolute Gasteiger partial charge is 0.482 e. The summed E-state index contributed by atoms with van der Waals surface area (Å²) in [6.45, 7) is 10.6. The van der Waals surface area contributed by atoms with Gasteiger partial charge in [-0.15, -0.1) is 0 Å². The van der Waals surface area contributed by atoms with E-state index in [-0.39, 0.29) is 62.1 Å². The van der Waals surface area contributed by atoms with E-state index < -0.39 is 48.7 Å². The van der Waals surface area contributed by atoms with Crippen LogP contribution in [0, 0.1) is 28.6 Å². The first-order chi connectivity index (χ1) is 22.1. The van der Waals surface area contributed by atoms with Gasteiger partial charge in [0.15, 0.2) is 0 Å². The van der Waals surface area contributed by atoms with E-state index in [9.17, 15) is 23.6 Å². The quantitative estimate of drug-likeness (QED) is 0.243. The fourth-order valence-electron chi connectivity index (χ4n) is 8.64. The van der Waals surface area contributed by atoms with Gasteiger partial charge >= 0.3 is 7.12 Å². The Morgan fingerprint density at radius 3 is 2.60 bits per heavy atom. The molecule has 6 atom stereocenters. The van der Waals surface area contributed by atoms with Gasteiger partial charge < -0.3 is 24.3 Å². The van der Waals surface area contributed by atoms with Crippen molar-refractivity contribution >= 4 is 18.9 Å². The van der Waals surface area contributed by atoms with Gasteiger partial charge in [-0.2, -0.15) is 5.26 Å². The van der Waals surface area contributed by atoms with E-state index in [4.69, 9.17) is 14.0 Å². The summed E-state index contributed by atoms with van der Waals surface area (Å²) in [5, 5.41) is 13.0. The van der Waals surface area contributed by atoms with E-state index in [0.29, 0.717) is 18.3 Å². The van der Waals surface area contributed by atoms with E-state index in [0.717, 1.165) is 18.4 Å². The standard InChI is InChI=1S/C35H47BF2N4O5/c1-32(2,42-12-11-35(37,38)22-42)19-24(20-39)31(44)41-13-14-45-26(21-41)18-30(43)40-29(15-23-9-7-6-8-10-23)36-46-28-17-25-16-27(33(25,3)4)34(28,5)47-36/h6-10,19,25-29H,11-18,21-22H2,1-5H3,(H,40,43)/b24-19+/t25-,26+,27-,28+,29-,34-/m0/s1. The Hall–Kier alpha value is -2.85. The molecule has 3 aliphatic heterocycles. The Morgan fingerprint density at radius 2 is 1.94 bits per heavy atom. The molecular formula is C35H47BF2N4O5. The van der Waals surface area contributed by atoms with Crippen LogP contribution in [0.15, 0.2) is 42.0 Å². The number of alkyl halides is 2. The zero-order chi connectivity index (χ0) is 33.8. The molecule has 2 amide bonds. The van der Waals surface area contributed by atoms with E-state index in [1.54, 1.807) is 18.7 Å². The number of morpholine rings is 1. The van der Waals surface area contributed by atoms with Crippen LogP contribution < -0.4 is 5.32 Å². The molecule has 9 nitrogen and oxygen atoms in total. The molecule has 6 aliphatic rings. The normalized spacial score (nSPS) is 32.3. The Labute approximate surface area is 277 Å². The number of nitrogens with one attached hydrogen (secondary N) is 1. The summed E-state index contributed by atoms with van der Waals surface area (Å²) in [4.78, 5) is 30.1. The summed E-state index contributed by atoms with van der Waals surface area (Å²) >= 11 is 0. The van der Waals surface area contributed by atoms with Gasteiger partial charge in [-0.05, 0) is 68.9 Å². The van der Waals surface area contributed by atoms with Crippen LogP contribution in [-0.2, 0) is 30.1 Å². The van der Waals surface area contributed by atoms with Crippen LogP contribution in [0.25, 0.3) is 0 Å². The third-order valence-electron chi connectivity index (χ3n) is 11.6. The van der Waals surface area contributed by atoms with Crippen LogP contribution in [-0.4, -0.2) is 96.7 Å². The topological polar surface area (TPSA) is 104 Å². The average molecular weight is 653 g/mol. The average Bonchev–Trinajstić information content (AvgIpc) is 3.58. The van der Waals surface area contributed by atoms with E-state index in [1.165, 1.54) is 11.0 Å². The molecule has 2 bridgehead atoms. The lowest BCUT2D eigenvalue weighted by molar-refractivity contribution is -0.199. The van der Waals surface area contributed by atoms with Gasteiger partial charge in [0, 0.05) is 31.6 Å². The first-order valence-corrected chi connectivity index (χ1v) is 16.9. The number of hydrogen-bond acceptors (Lipinski definition) is 7. The molecule has 254 valence electrons. The van der Waals surface area contributed by atoms with Crippen molar-refractivity contribution in [1.82, 2.24) is 15.1 Å². The molecule has 0 spiro atoms. The smallest absolute Gasteiger partial charge is 0.404 e. The van der Waals surface area contributed by atoms with Crippen LogP contribution in [0.1, 0.15) is 65.9 Å². The Bertz CT molecular complexity index is 1430. The van der Waals surface area contributed by atoms with Crippen molar-refractivity contribution in [2.24, 2.45) is 17.3 Å². The Kier molecular flexibility index (Phi) is 9.09. The van der Waals surface area contributed by atoms with Crippen molar-refractivity contribution in [3.05, 3.63) is 47.5 Å². The van der Waals surface area contributed by atoms with E-state index in [2.05, 4.69) is 26.1 Å². The molecule has 0 radical (unpaired) electrons. The lowest BCUT2D eigenvalue weighted by Gasteiger charge is -2.64. The summed E-state index contributed by atoms with van der Waals surface area (Å²) in [7, 11) is -0.600. The number of carbonyl (C=O) groups is 2. The summed E-state index contributed by atoms with van der Waals surface area (Å²) in [5.41, 5.74) is -0.175. The minimum Gasteiger partial charge on any atom is -0.404 e. The number of nitrogens with zero attached hydrogens (tertiary/aromatic N) is 3. The minimum absolute atomic E-state index is 0.0141. The first-order valence-electron chi connectivity index (χ1n) is 16.9. The zero-order valence-corrected chi connectivity index (χ0v) is 28.1. The van der Waals surface area contributed by atoms with E-state index in [1.807, 2.05) is 36.4 Å². The molecule has 3 heterocycles. The number of benzene rings is 1. The second-order valence-corrected chi connectivity index (χ2v) is 15.5. The molecule has 12 heteroatoms. The minimum atomic E-state index is -2.79. The highest BCUT2D eigenvalue weighted by Crippen LogP contribution is 2.65. The molecule has 6 fully saturated rings. The number of amides is 2. The third kappa shape index (κ3) is 6.74. The van der Waals surface area contributed by atoms with Crippen LogP contribution in [0.4, 0.5) is 8.78 Å². The summed E-state index contributed by atoms with van der Waals surface area (Å²) in [6, 6.07) is 11.9. The molecule has 3 saturated carbocycles. The molecule has 0 unspecified atom stereocenters. The Morgan fingerprint density at radius 1 is 1.19 bits per heavy atom. The highest BCUT2D eigenvalue weighted by Gasteiger charge is 2.68. The molecule has 7 rings (SSSR count). The lowest BCUT2D eigenvalue weighted by Crippen LogP contribution is -2.65.